The summed E-state index contributed by atoms with van der Waals surface area (Å²) in [7, 11) is 0. The van der Waals surface area contributed by atoms with E-state index < -0.39 is 5.97 Å². The second-order valence-corrected chi connectivity index (χ2v) is 7.90. The zero-order valence-electron chi connectivity index (χ0n) is 18.5. The second kappa shape index (κ2) is 9.49. The van der Waals surface area contributed by atoms with Crippen LogP contribution in [0.3, 0.4) is 0 Å². The zero-order valence-corrected chi connectivity index (χ0v) is 18.5. The minimum Gasteiger partial charge on any atom is -0.423 e. The van der Waals surface area contributed by atoms with Crippen molar-refractivity contribution in [3.8, 4) is 39.1 Å². The number of benzene rings is 4. The average molecular weight is 419 g/mol. The molecule has 0 amide bonds. The van der Waals surface area contributed by atoms with Crippen molar-refractivity contribution in [2.75, 3.05) is 0 Å². The molecule has 0 fully saturated rings. The SMILES string of the molecule is C=C(C)C(=O)Oc1ccc(-c2ccc(-c3ccc(-c4ccc(CC)cc4)cc3)cc2)cc1. The molecule has 0 aliphatic heterocycles. The van der Waals surface area contributed by atoms with Gasteiger partial charge in [-0.1, -0.05) is 98.4 Å². The highest BCUT2D eigenvalue weighted by atomic mass is 16.5. The van der Waals surface area contributed by atoms with Crippen LogP contribution in [-0.4, -0.2) is 5.97 Å². The first-order chi connectivity index (χ1) is 15.5. The molecule has 0 saturated carbocycles. The number of hydrogen-bond donors (Lipinski definition) is 0. The third-order valence-corrected chi connectivity index (χ3v) is 5.55. The van der Waals surface area contributed by atoms with E-state index in [9.17, 15) is 4.79 Å². The molecular weight excluding hydrogens is 392 g/mol. The first-order valence-electron chi connectivity index (χ1n) is 10.8. The fraction of sp³-hybridized carbons (Fsp3) is 0.100. The van der Waals surface area contributed by atoms with Crippen LogP contribution in [0.5, 0.6) is 5.75 Å². The molecule has 4 aromatic rings. The van der Waals surface area contributed by atoms with Crippen molar-refractivity contribution >= 4 is 5.97 Å². The van der Waals surface area contributed by atoms with Crippen LogP contribution in [0.15, 0.2) is 109 Å². The van der Waals surface area contributed by atoms with Crippen molar-refractivity contribution in [3.63, 3.8) is 0 Å². The number of hydrogen-bond acceptors (Lipinski definition) is 2. The number of esters is 1. The first kappa shape index (κ1) is 21.3. The van der Waals surface area contributed by atoms with Gasteiger partial charge in [-0.05, 0) is 64.4 Å². The minimum atomic E-state index is -0.411. The van der Waals surface area contributed by atoms with E-state index in [1.165, 1.54) is 27.8 Å². The average Bonchev–Trinajstić information content (AvgIpc) is 2.85. The Labute approximate surface area is 189 Å². The van der Waals surface area contributed by atoms with Crippen LogP contribution in [0.2, 0.25) is 0 Å². The van der Waals surface area contributed by atoms with Crippen molar-refractivity contribution in [3.05, 3.63) is 115 Å². The Morgan fingerprint density at radius 2 is 0.938 bits per heavy atom. The summed E-state index contributed by atoms with van der Waals surface area (Å²) < 4.78 is 5.26. The number of carbonyl (C=O) groups is 1. The molecule has 0 aromatic heterocycles. The summed E-state index contributed by atoms with van der Waals surface area (Å²) in [5.74, 6) is 0.105. The Hall–Kier alpha value is -3.91. The van der Waals surface area contributed by atoms with Crippen molar-refractivity contribution in [1.29, 1.82) is 0 Å². The summed E-state index contributed by atoms with van der Waals surface area (Å²) in [5.41, 5.74) is 8.74. The summed E-state index contributed by atoms with van der Waals surface area (Å²) in [6, 6.07) is 33.5. The molecule has 0 spiro atoms. The van der Waals surface area contributed by atoms with Crippen molar-refractivity contribution in [1.82, 2.24) is 0 Å². The monoisotopic (exact) mass is 418 g/mol. The number of rotatable bonds is 6. The van der Waals surface area contributed by atoms with E-state index in [1.807, 2.05) is 12.1 Å². The van der Waals surface area contributed by atoms with Gasteiger partial charge in [0, 0.05) is 5.57 Å². The maximum absolute atomic E-state index is 11.6. The van der Waals surface area contributed by atoms with Gasteiger partial charge in [-0.25, -0.2) is 4.79 Å². The Morgan fingerprint density at radius 3 is 1.25 bits per heavy atom. The van der Waals surface area contributed by atoms with E-state index in [0.717, 1.165) is 17.5 Å². The van der Waals surface area contributed by atoms with Gasteiger partial charge >= 0.3 is 5.97 Å². The molecule has 0 bridgehead atoms. The molecule has 0 aliphatic rings. The third-order valence-electron chi connectivity index (χ3n) is 5.55. The van der Waals surface area contributed by atoms with E-state index in [2.05, 4.69) is 86.3 Å². The molecule has 0 N–H and O–H groups in total. The lowest BCUT2D eigenvalue weighted by Crippen LogP contribution is -2.07. The molecule has 2 heteroatoms. The maximum Gasteiger partial charge on any atom is 0.338 e. The van der Waals surface area contributed by atoms with Crippen LogP contribution >= 0.6 is 0 Å². The Kier molecular flexibility index (Phi) is 6.32. The predicted octanol–water partition coefficient (Wildman–Crippen LogP) is 7.73. The van der Waals surface area contributed by atoms with Crippen molar-refractivity contribution in [2.24, 2.45) is 0 Å². The fourth-order valence-electron chi connectivity index (χ4n) is 3.55. The summed E-state index contributed by atoms with van der Waals surface area (Å²) in [6.07, 6.45) is 1.06. The van der Waals surface area contributed by atoms with Gasteiger partial charge in [0.05, 0.1) is 0 Å². The molecule has 0 aliphatic carbocycles. The van der Waals surface area contributed by atoms with Crippen LogP contribution in [-0.2, 0) is 11.2 Å². The highest BCUT2D eigenvalue weighted by Gasteiger charge is 2.06. The van der Waals surface area contributed by atoms with Gasteiger partial charge in [0.15, 0.2) is 0 Å². The normalized spacial score (nSPS) is 10.6. The first-order valence-corrected chi connectivity index (χ1v) is 10.8. The van der Waals surface area contributed by atoms with Gasteiger partial charge in [-0.2, -0.15) is 0 Å². The lowest BCUT2D eigenvalue weighted by molar-refractivity contribution is -0.130. The number of carbonyl (C=O) groups excluding carboxylic acids is 1. The highest BCUT2D eigenvalue weighted by Crippen LogP contribution is 2.28. The number of aryl methyl sites for hydroxylation is 1. The van der Waals surface area contributed by atoms with Gasteiger partial charge < -0.3 is 4.74 Å². The molecule has 2 nitrogen and oxygen atoms in total. The molecule has 0 heterocycles. The molecule has 0 atom stereocenters. The molecule has 158 valence electrons. The standard InChI is InChI=1S/C30H26O2/c1-4-22-5-7-23(8-6-22)24-9-11-25(12-10-24)26-13-15-27(16-14-26)28-17-19-29(20-18-28)32-30(31)21(2)3/h5-20H,2,4H2,1,3H3. The Morgan fingerprint density at radius 1 is 0.625 bits per heavy atom. The fourth-order valence-corrected chi connectivity index (χ4v) is 3.55. The minimum absolute atomic E-state index is 0.382. The summed E-state index contributed by atoms with van der Waals surface area (Å²) in [5, 5.41) is 0. The smallest absolute Gasteiger partial charge is 0.338 e. The van der Waals surface area contributed by atoms with Crippen LogP contribution in [0, 0.1) is 0 Å². The summed E-state index contributed by atoms with van der Waals surface area (Å²) >= 11 is 0. The molecule has 0 saturated heterocycles. The predicted molar refractivity (Wildman–Crippen MR) is 133 cm³/mol. The molecule has 4 rings (SSSR count). The highest BCUT2D eigenvalue weighted by molar-refractivity contribution is 5.88. The van der Waals surface area contributed by atoms with E-state index in [0.29, 0.717) is 11.3 Å². The van der Waals surface area contributed by atoms with Crippen molar-refractivity contribution < 1.29 is 9.53 Å². The van der Waals surface area contributed by atoms with E-state index in [-0.39, 0.29) is 0 Å². The van der Waals surface area contributed by atoms with Gasteiger partial charge in [-0.15, -0.1) is 0 Å². The van der Waals surface area contributed by atoms with E-state index in [1.54, 1.807) is 19.1 Å². The van der Waals surface area contributed by atoms with Crippen LogP contribution in [0.1, 0.15) is 19.4 Å². The van der Waals surface area contributed by atoms with Gasteiger partial charge in [0.1, 0.15) is 5.75 Å². The maximum atomic E-state index is 11.6. The molecule has 0 radical (unpaired) electrons. The van der Waals surface area contributed by atoms with Crippen LogP contribution < -0.4 is 4.74 Å². The van der Waals surface area contributed by atoms with E-state index in [4.69, 9.17) is 4.74 Å². The zero-order chi connectivity index (χ0) is 22.5. The van der Waals surface area contributed by atoms with E-state index >= 15 is 0 Å². The van der Waals surface area contributed by atoms with Crippen LogP contribution in [0.4, 0.5) is 0 Å². The van der Waals surface area contributed by atoms with Gasteiger partial charge in [0.2, 0.25) is 0 Å². The number of ether oxygens (including phenoxy) is 1. The quantitative estimate of drug-likeness (QED) is 0.182. The Balaban J connectivity index is 1.47. The summed E-state index contributed by atoms with van der Waals surface area (Å²) in [4.78, 5) is 11.6. The van der Waals surface area contributed by atoms with Gasteiger partial charge in [0.25, 0.3) is 0 Å². The lowest BCUT2D eigenvalue weighted by Gasteiger charge is -2.08. The molecule has 32 heavy (non-hydrogen) atoms. The molecule has 0 unspecified atom stereocenters. The topological polar surface area (TPSA) is 26.3 Å². The Bertz CT molecular complexity index is 1210. The van der Waals surface area contributed by atoms with Crippen molar-refractivity contribution in [2.45, 2.75) is 20.3 Å². The third kappa shape index (κ3) is 4.87. The largest absolute Gasteiger partial charge is 0.423 e. The molecule has 4 aromatic carbocycles. The lowest BCUT2D eigenvalue weighted by atomic mass is 9.97. The van der Waals surface area contributed by atoms with Crippen LogP contribution in [0.25, 0.3) is 33.4 Å². The molecular formula is C30H26O2. The summed E-state index contributed by atoms with van der Waals surface area (Å²) in [6.45, 7) is 7.41. The van der Waals surface area contributed by atoms with Gasteiger partial charge in [-0.3, -0.25) is 0 Å². The second-order valence-electron chi connectivity index (χ2n) is 7.90.